The summed E-state index contributed by atoms with van der Waals surface area (Å²) in [5.74, 6) is -0.990. The standard InChI is InChI=1S/C16H13N2.C6H5NO2.Ir/c1-18-11-16(17-12-18)15-9-5-8-14(10-15)13-6-3-2-4-7-13;8-6(9)5-3-1-2-4-7-5;/h2-8,10-12H,1H3;1-4H,(H,8,9);/q-1;;. The van der Waals surface area contributed by atoms with E-state index >= 15 is 0 Å². The molecule has 1 radical (unpaired) electrons. The van der Waals surface area contributed by atoms with Crippen LogP contribution in [0.4, 0.5) is 0 Å². The average molecular weight is 549 g/mol. The van der Waals surface area contributed by atoms with Gasteiger partial charge in [0.15, 0.2) is 0 Å². The van der Waals surface area contributed by atoms with Gasteiger partial charge in [0.05, 0.1) is 6.33 Å². The van der Waals surface area contributed by atoms with E-state index in [1.54, 1.807) is 18.5 Å². The number of pyridine rings is 1. The number of aromatic nitrogens is 3. The van der Waals surface area contributed by atoms with Gasteiger partial charge in [0.25, 0.3) is 0 Å². The van der Waals surface area contributed by atoms with Gasteiger partial charge in [-0.05, 0) is 23.9 Å². The molecule has 28 heavy (non-hydrogen) atoms. The molecule has 0 aliphatic rings. The van der Waals surface area contributed by atoms with Crippen LogP contribution in [-0.2, 0) is 27.2 Å². The first-order valence-corrected chi connectivity index (χ1v) is 8.33. The van der Waals surface area contributed by atoms with Gasteiger partial charge < -0.3 is 9.67 Å². The molecule has 0 unspecified atom stereocenters. The maximum Gasteiger partial charge on any atom is 0.354 e. The van der Waals surface area contributed by atoms with Crippen LogP contribution in [0.2, 0.25) is 0 Å². The first-order valence-electron chi connectivity index (χ1n) is 8.33. The summed E-state index contributed by atoms with van der Waals surface area (Å²) >= 11 is 0. The molecule has 4 aromatic rings. The Morgan fingerprint density at radius 3 is 2.32 bits per heavy atom. The second kappa shape index (κ2) is 10.3. The molecule has 2 aromatic carbocycles. The largest absolute Gasteiger partial charge is 0.477 e. The molecule has 0 spiro atoms. The SMILES string of the molecule is Cn1cnc(-c2[c-]ccc(-c3ccccc3)c2)c1.O=C(O)c1ccccn1.[Ir]. The van der Waals surface area contributed by atoms with Gasteiger partial charge in [-0.1, -0.05) is 36.4 Å². The average Bonchev–Trinajstić information content (AvgIpc) is 3.16. The number of benzene rings is 2. The van der Waals surface area contributed by atoms with Crippen molar-refractivity contribution < 1.29 is 30.0 Å². The summed E-state index contributed by atoms with van der Waals surface area (Å²) in [5, 5.41) is 8.32. The number of hydrogen-bond acceptors (Lipinski definition) is 3. The van der Waals surface area contributed by atoms with E-state index in [1.165, 1.54) is 23.4 Å². The number of nitrogens with zero attached hydrogens (tertiary/aromatic N) is 3. The molecule has 0 saturated carbocycles. The third-order valence-corrected chi connectivity index (χ3v) is 3.77. The number of imidazole rings is 1. The minimum Gasteiger partial charge on any atom is -0.477 e. The van der Waals surface area contributed by atoms with Crippen LogP contribution in [-0.4, -0.2) is 25.6 Å². The number of carboxylic acid groups (broad SMARTS) is 1. The first-order chi connectivity index (χ1) is 13.1. The van der Waals surface area contributed by atoms with E-state index < -0.39 is 5.97 Å². The molecular weight excluding hydrogens is 530 g/mol. The summed E-state index contributed by atoms with van der Waals surface area (Å²) in [4.78, 5) is 18.1. The predicted octanol–water partition coefficient (Wildman–Crippen LogP) is 4.33. The molecule has 1 N–H and O–H groups in total. The van der Waals surface area contributed by atoms with Crippen LogP contribution < -0.4 is 0 Å². The minimum absolute atomic E-state index is 0. The van der Waals surface area contributed by atoms with E-state index in [-0.39, 0.29) is 25.8 Å². The van der Waals surface area contributed by atoms with E-state index in [1.807, 2.05) is 42.1 Å². The van der Waals surface area contributed by atoms with Gasteiger partial charge in [-0.25, -0.2) is 9.78 Å². The summed E-state index contributed by atoms with van der Waals surface area (Å²) in [6.45, 7) is 0. The normalized spacial score (nSPS) is 9.61. The van der Waals surface area contributed by atoms with Crippen LogP contribution in [0.25, 0.3) is 22.4 Å². The van der Waals surface area contributed by atoms with Crippen molar-refractivity contribution >= 4 is 5.97 Å². The Bertz CT molecular complexity index is 1020. The summed E-state index contributed by atoms with van der Waals surface area (Å²) in [6, 6.07) is 24.5. The fraction of sp³-hybridized carbons (Fsp3) is 0.0455. The van der Waals surface area contributed by atoms with Gasteiger partial charge in [-0.2, -0.15) is 0 Å². The van der Waals surface area contributed by atoms with E-state index in [0.717, 1.165) is 11.3 Å². The van der Waals surface area contributed by atoms with Gasteiger partial charge in [-0.3, -0.25) is 4.98 Å². The Hall–Kier alpha value is -3.08. The van der Waals surface area contributed by atoms with Gasteiger partial charge in [-0.15, -0.1) is 35.4 Å². The molecule has 6 heteroatoms. The van der Waals surface area contributed by atoms with Crippen molar-refractivity contribution in [3.8, 4) is 22.4 Å². The van der Waals surface area contributed by atoms with Crippen LogP contribution in [0.1, 0.15) is 10.5 Å². The molecule has 0 aliphatic heterocycles. The zero-order valence-corrected chi connectivity index (χ0v) is 17.5. The Labute approximate surface area is 177 Å². The molecule has 0 bridgehead atoms. The Kier molecular flexibility index (Phi) is 7.81. The second-order valence-electron chi connectivity index (χ2n) is 5.80. The van der Waals surface area contributed by atoms with Crippen LogP contribution in [0, 0.1) is 6.07 Å². The zero-order valence-electron chi connectivity index (χ0n) is 15.1. The Morgan fingerprint density at radius 2 is 1.75 bits per heavy atom. The third-order valence-electron chi connectivity index (χ3n) is 3.77. The summed E-state index contributed by atoms with van der Waals surface area (Å²) in [5.41, 5.74) is 4.46. The monoisotopic (exact) mass is 549 g/mol. The molecule has 0 atom stereocenters. The first kappa shape index (κ1) is 21.2. The topological polar surface area (TPSA) is 68.0 Å². The van der Waals surface area contributed by atoms with E-state index in [4.69, 9.17) is 5.11 Å². The van der Waals surface area contributed by atoms with Crippen molar-refractivity contribution in [3.63, 3.8) is 0 Å². The third kappa shape index (κ3) is 5.71. The number of carbonyl (C=O) groups is 1. The van der Waals surface area contributed by atoms with Crippen LogP contribution in [0.3, 0.4) is 0 Å². The molecular formula is C22H18IrN3O2-. The molecule has 0 saturated heterocycles. The van der Waals surface area contributed by atoms with Crippen LogP contribution >= 0.6 is 0 Å². The van der Waals surface area contributed by atoms with Crippen molar-refractivity contribution in [1.82, 2.24) is 14.5 Å². The van der Waals surface area contributed by atoms with Gasteiger partial charge in [0.2, 0.25) is 0 Å². The number of rotatable bonds is 3. The Balaban J connectivity index is 0.000000239. The summed E-state index contributed by atoms with van der Waals surface area (Å²) < 4.78 is 1.94. The van der Waals surface area contributed by atoms with E-state index in [2.05, 4.69) is 40.3 Å². The fourth-order valence-electron chi connectivity index (χ4n) is 2.47. The van der Waals surface area contributed by atoms with Crippen molar-refractivity contribution in [2.45, 2.75) is 0 Å². The molecule has 4 rings (SSSR count). The van der Waals surface area contributed by atoms with Crippen LogP contribution in [0.5, 0.6) is 0 Å². The molecule has 143 valence electrons. The molecule has 0 aliphatic carbocycles. The van der Waals surface area contributed by atoms with Crippen molar-refractivity contribution in [2.24, 2.45) is 7.05 Å². The second-order valence-corrected chi connectivity index (χ2v) is 5.80. The molecule has 0 fully saturated rings. The minimum atomic E-state index is -0.990. The number of aryl methyl sites for hydroxylation is 1. The molecule has 2 heterocycles. The maximum atomic E-state index is 10.1. The Morgan fingerprint density at radius 1 is 1.00 bits per heavy atom. The van der Waals surface area contributed by atoms with E-state index in [9.17, 15) is 4.79 Å². The quantitative estimate of drug-likeness (QED) is 0.387. The van der Waals surface area contributed by atoms with Gasteiger partial charge in [0.1, 0.15) is 5.69 Å². The maximum absolute atomic E-state index is 10.1. The number of carboxylic acids is 1. The smallest absolute Gasteiger partial charge is 0.354 e. The van der Waals surface area contributed by atoms with Gasteiger partial charge in [0, 0.05) is 39.0 Å². The molecule has 5 nitrogen and oxygen atoms in total. The van der Waals surface area contributed by atoms with Gasteiger partial charge >= 0.3 is 5.97 Å². The number of hydrogen-bond donors (Lipinski definition) is 1. The predicted molar refractivity (Wildman–Crippen MR) is 104 cm³/mol. The van der Waals surface area contributed by atoms with Crippen molar-refractivity contribution in [1.29, 1.82) is 0 Å². The fourth-order valence-corrected chi connectivity index (χ4v) is 2.47. The van der Waals surface area contributed by atoms with Crippen LogP contribution in [0.15, 0.2) is 85.5 Å². The number of aromatic carboxylic acids is 1. The zero-order chi connectivity index (χ0) is 19.1. The van der Waals surface area contributed by atoms with Crippen molar-refractivity contribution in [3.05, 3.63) is 97.2 Å². The molecule has 2 aromatic heterocycles. The van der Waals surface area contributed by atoms with Crippen molar-refractivity contribution in [2.75, 3.05) is 0 Å². The summed E-state index contributed by atoms with van der Waals surface area (Å²) in [7, 11) is 1.97. The molecule has 0 amide bonds. The summed E-state index contributed by atoms with van der Waals surface area (Å²) in [6.07, 6.45) is 5.25. The van der Waals surface area contributed by atoms with E-state index in [0.29, 0.717) is 0 Å².